The van der Waals surface area contributed by atoms with Crippen LogP contribution in [0.4, 0.5) is 0 Å². The Balaban J connectivity index is 2.59. The van der Waals surface area contributed by atoms with Crippen molar-refractivity contribution in [1.29, 1.82) is 0 Å². The molecule has 2 nitrogen and oxygen atoms in total. The van der Waals surface area contributed by atoms with Crippen molar-refractivity contribution < 1.29 is 9.90 Å². The van der Waals surface area contributed by atoms with Crippen LogP contribution in [-0.4, -0.2) is 11.1 Å². The van der Waals surface area contributed by atoms with Crippen LogP contribution in [0.15, 0.2) is 30.3 Å². The summed E-state index contributed by atoms with van der Waals surface area (Å²) in [5.41, 5.74) is 2.34. The number of carbonyl (C=O) groups is 1. The Labute approximate surface area is 83.9 Å². The monoisotopic (exact) mass is 190 g/mol. The number of carboxylic acids is 1. The number of benzene rings is 1. The van der Waals surface area contributed by atoms with E-state index in [-0.39, 0.29) is 6.42 Å². The third-order valence-corrected chi connectivity index (χ3v) is 1.99. The molecule has 1 aromatic rings. The van der Waals surface area contributed by atoms with Gasteiger partial charge < -0.3 is 5.11 Å². The van der Waals surface area contributed by atoms with Gasteiger partial charge >= 0.3 is 5.97 Å². The SMILES string of the molecule is CCc1ccc(/C=C/CC(=O)O)cc1. The van der Waals surface area contributed by atoms with Crippen LogP contribution in [-0.2, 0) is 11.2 Å². The maximum atomic E-state index is 10.2. The number of aliphatic carboxylic acids is 1. The minimum Gasteiger partial charge on any atom is -0.481 e. The van der Waals surface area contributed by atoms with E-state index in [0.717, 1.165) is 12.0 Å². The van der Waals surface area contributed by atoms with Crippen LogP contribution in [0.25, 0.3) is 6.08 Å². The Morgan fingerprint density at radius 1 is 1.36 bits per heavy atom. The molecular weight excluding hydrogens is 176 g/mol. The van der Waals surface area contributed by atoms with Gasteiger partial charge in [-0.2, -0.15) is 0 Å². The van der Waals surface area contributed by atoms with Crippen molar-refractivity contribution in [2.45, 2.75) is 19.8 Å². The highest BCUT2D eigenvalue weighted by Crippen LogP contribution is 2.06. The summed E-state index contributed by atoms with van der Waals surface area (Å²) in [6.07, 6.45) is 4.59. The van der Waals surface area contributed by atoms with Gasteiger partial charge in [0.1, 0.15) is 0 Å². The number of rotatable bonds is 4. The Kier molecular flexibility index (Phi) is 3.92. The molecule has 1 aromatic carbocycles. The zero-order chi connectivity index (χ0) is 10.4. The van der Waals surface area contributed by atoms with Crippen molar-refractivity contribution in [2.75, 3.05) is 0 Å². The van der Waals surface area contributed by atoms with E-state index in [1.165, 1.54) is 5.56 Å². The highest BCUT2D eigenvalue weighted by atomic mass is 16.4. The van der Waals surface area contributed by atoms with Gasteiger partial charge in [0.05, 0.1) is 6.42 Å². The van der Waals surface area contributed by atoms with Gasteiger partial charge in [0.15, 0.2) is 0 Å². The molecule has 0 aromatic heterocycles. The molecule has 0 fully saturated rings. The molecule has 1 rings (SSSR count). The van der Waals surface area contributed by atoms with Crippen molar-refractivity contribution in [3.05, 3.63) is 41.5 Å². The highest BCUT2D eigenvalue weighted by molar-refractivity contribution is 5.70. The lowest BCUT2D eigenvalue weighted by Crippen LogP contribution is -1.89. The molecule has 0 radical (unpaired) electrons. The summed E-state index contributed by atoms with van der Waals surface area (Å²) in [4.78, 5) is 10.2. The number of hydrogen-bond acceptors (Lipinski definition) is 1. The van der Waals surface area contributed by atoms with Crippen LogP contribution in [0, 0.1) is 0 Å². The maximum absolute atomic E-state index is 10.2. The summed E-state index contributed by atoms with van der Waals surface area (Å²) in [6, 6.07) is 8.11. The topological polar surface area (TPSA) is 37.3 Å². The molecule has 0 aliphatic carbocycles. The quantitative estimate of drug-likeness (QED) is 0.792. The van der Waals surface area contributed by atoms with Crippen molar-refractivity contribution in [2.24, 2.45) is 0 Å². The van der Waals surface area contributed by atoms with Crippen LogP contribution in [0.2, 0.25) is 0 Å². The largest absolute Gasteiger partial charge is 0.481 e. The molecule has 1 N–H and O–H groups in total. The normalized spacial score (nSPS) is 10.6. The summed E-state index contributed by atoms with van der Waals surface area (Å²) in [5, 5.41) is 8.42. The van der Waals surface area contributed by atoms with Gasteiger partial charge in [-0.3, -0.25) is 4.79 Å². The Bertz CT molecular complexity index is 323. The van der Waals surface area contributed by atoms with Crippen LogP contribution in [0.1, 0.15) is 24.5 Å². The third kappa shape index (κ3) is 3.44. The van der Waals surface area contributed by atoms with E-state index in [1.807, 2.05) is 18.2 Å². The molecule has 0 amide bonds. The molecule has 0 aliphatic heterocycles. The first-order valence-electron chi connectivity index (χ1n) is 4.69. The molecule has 0 unspecified atom stereocenters. The van der Waals surface area contributed by atoms with Gasteiger partial charge in [-0.1, -0.05) is 43.3 Å². The molecule has 0 heterocycles. The van der Waals surface area contributed by atoms with Crippen LogP contribution in [0.5, 0.6) is 0 Å². The fraction of sp³-hybridized carbons (Fsp3) is 0.250. The average molecular weight is 190 g/mol. The van der Waals surface area contributed by atoms with Gasteiger partial charge in [-0.15, -0.1) is 0 Å². The number of hydrogen-bond donors (Lipinski definition) is 1. The van der Waals surface area contributed by atoms with Gasteiger partial charge in [0, 0.05) is 0 Å². The van der Waals surface area contributed by atoms with Crippen LogP contribution in [0.3, 0.4) is 0 Å². The second-order valence-electron chi connectivity index (χ2n) is 3.10. The lowest BCUT2D eigenvalue weighted by molar-refractivity contribution is -0.135. The van der Waals surface area contributed by atoms with E-state index < -0.39 is 5.97 Å². The Hall–Kier alpha value is -1.57. The Morgan fingerprint density at radius 3 is 2.50 bits per heavy atom. The third-order valence-electron chi connectivity index (χ3n) is 1.99. The van der Waals surface area contributed by atoms with E-state index in [1.54, 1.807) is 6.08 Å². The first-order chi connectivity index (χ1) is 6.72. The van der Waals surface area contributed by atoms with E-state index in [9.17, 15) is 4.79 Å². The van der Waals surface area contributed by atoms with Crippen molar-refractivity contribution in [1.82, 2.24) is 0 Å². The maximum Gasteiger partial charge on any atom is 0.307 e. The summed E-state index contributed by atoms with van der Waals surface area (Å²) >= 11 is 0. The number of aryl methyl sites for hydroxylation is 1. The minimum atomic E-state index is -0.800. The van der Waals surface area contributed by atoms with Crippen molar-refractivity contribution in [3.8, 4) is 0 Å². The molecule has 0 saturated carbocycles. The predicted molar refractivity (Wildman–Crippen MR) is 57.1 cm³/mol. The molecule has 0 saturated heterocycles. The first-order valence-corrected chi connectivity index (χ1v) is 4.69. The fourth-order valence-corrected chi connectivity index (χ4v) is 1.16. The fourth-order valence-electron chi connectivity index (χ4n) is 1.16. The van der Waals surface area contributed by atoms with E-state index in [0.29, 0.717) is 0 Å². The molecule has 14 heavy (non-hydrogen) atoms. The first kappa shape index (κ1) is 10.5. The highest BCUT2D eigenvalue weighted by Gasteiger charge is 1.91. The lowest BCUT2D eigenvalue weighted by atomic mass is 10.1. The average Bonchev–Trinajstić information content (AvgIpc) is 2.18. The minimum absolute atomic E-state index is 0.0789. The summed E-state index contributed by atoms with van der Waals surface area (Å²) in [5.74, 6) is -0.800. The van der Waals surface area contributed by atoms with Crippen molar-refractivity contribution in [3.63, 3.8) is 0 Å². The standard InChI is InChI=1S/C12H14O2/c1-2-10-6-8-11(9-7-10)4-3-5-12(13)14/h3-4,6-9H,2,5H2,1H3,(H,13,14)/b4-3+. The Morgan fingerprint density at radius 2 is 2.00 bits per heavy atom. The van der Waals surface area contributed by atoms with Crippen molar-refractivity contribution >= 4 is 12.0 Å². The van der Waals surface area contributed by atoms with Gasteiger partial charge in [0.25, 0.3) is 0 Å². The van der Waals surface area contributed by atoms with Crippen LogP contribution < -0.4 is 0 Å². The molecule has 0 spiro atoms. The predicted octanol–water partition coefficient (Wildman–Crippen LogP) is 2.74. The zero-order valence-corrected chi connectivity index (χ0v) is 8.23. The lowest BCUT2D eigenvalue weighted by Gasteiger charge is -1.96. The van der Waals surface area contributed by atoms with Crippen LogP contribution >= 0.6 is 0 Å². The van der Waals surface area contributed by atoms with Gasteiger partial charge in [0.2, 0.25) is 0 Å². The van der Waals surface area contributed by atoms with E-state index in [4.69, 9.17) is 5.11 Å². The van der Waals surface area contributed by atoms with E-state index in [2.05, 4.69) is 19.1 Å². The molecule has 74 valence electrons. The summed E-state index contributed by atoms with van der Waals surface area (Å²) in [6.45, 7) is 2.11. The molecule has 0 bridgehead atoms. The molecule has 0 aliphatic rings. The van der Waals surface area contributed by atoms with Gasteiger partial charge in [-0.25, -0.2) is 0 Å². The second-order valence-corrected chi connectivity index (χ2v) is 3.10. The zero-order valence-electron chi connectivity index (χ0n) is 8.23. The smallest absolute Gasteiger partial charge is 0.307 e. The molecule has 0 atom stereocenters. The summed E-state index contributed by atoms with van der Waals surface area (Å²) in [7, 11) is 0. The number of carboxylic acid groups (broad SMARTS) is 1. The molecular formula is C12H14O2. The summed E-state index contributed by atoms with van der Waals surface area (Å²) < 4.78 is 0. The molecule has 2 heteroatoms. The van der Waals surface area contributed by atoms with E-state index >= 15 is 0 Å². The van der Waals surface area contributed by atoms with Gasteiger partial charge in [-0.05, 0) is 17.5 Å². The second kappa shape index (κ2) is 5.22.